The summed E-state index contributed by atoms with van der Waals surface area (Å²) in [4.78, 5) is 11.5. The molecule has 0 radical (unpaired) electrons. The molecule has 2 amide bonds. The third kappa shape index (κ3) is 6.78. The number of nitrogens with zero attached hydrogens (tertiary/aromatic N) is 2. The molecular formula is C12H22N4O3. The second-order valence-electron chi connectivity index (χ2n) is 3.89. The van der Waals surface area contributed by atoms with E-state index in [2.05, 4.69) is 15.7 Å². The Labute approximate surface area is 113 Å². The molecule has 0 spiro atoms. The molecular weight excluding hydrogens is 248 g/mol. The number of rotatable bonds is 9. The lowest BCUT2D eigenvalue weighted by molar-refractivity contribution is 0.145. The number of urea groups is 1. The molecule has 0 unspecified atom stereocenters. The van der Waals surface area contributed by atoms with Crippen LogP contribution in [0.5, 0.6) is 0 Å². The number of nitrogens with one attached hydrogen (secondary N) is 2. The Morgan fingerprint density at radius 2 is 2.32 bits per heavy atom. The summed E-state index contributed by atoms with van der Waals surface area (Å²) in [6.07, 6.45) is 2.59. The van der Waals surface area contributed by atoms with Crippen molar-refractivity contribution in [2.75, 3.05) is 38.8 Å². The highest BCUT2D eigenvalue weighted by molar-refractivity contribution is 5.88. The van der Waals surface area contributed by atoms with Crippen molar-refractivity contribution in [3.8, 4) is 0 Å². The smallest absolute Gasteiger partial charge is 0.320 e. The van der Waals surface area contributed by atoms with Crippen molar-refractivity contribution in [2.24, 2.45) is 0 Å². The summed E-state index contributed by atoms with van der Waals surface area (Å²) < 4.78 is 11.8. The van der Waals surface area contributed by atoms with Crippen molar-refractivity contribution < 1.29 is 14.3 Å². The van der Waals surface area contributed by atoms with Crippen LogP contribution in [0.1, 0.15) is 13.3 Å². The number of methoxy groups -OCH3 is 1. The molecule has 0 aliphatic carbocycles. The molecule has 0 aliphatic heterocycles. The van der Waals surface area contributed by atoms with Gasteiger partial charge in [-0.25, -0.2) is 4.79 Å². The van der Waals surface area contributed by atoms with Gasteiger partial charge in [-0.3, -0.25) is 10.00 Å². The van der Waals surface area contributed by atoms with Crippen molar-refractivity contribution in [3.05, 3.63) is 12.3 Å². The average Bonchev–Trinajstić information content (AvgIpc) is 2.83. The molecule has 7 heteroatoms. The number of carbonyl (C=O) groups excluding carboxylic acids is 1. The number of ether oxygens (including phenoxy) is 2. The van der Waals surface area contributed by atoms with Gasteiger partial charge in [-0.05, 0) is 13.3 Å². The summed E-state index contributed by atoms with van der Waals surface area (Å²) in [6.45, 7) is 5.13. The number of carbonyl (C=O) groups is 1. The molecule has 0 bridgehead atoms. The first-order valence-electron chi connectivity index (χ1n) is 6.41. The molecule has 0 atom stereocenters. The van der Waals surface area contributed by atoms with Crippen molar-refractivity contribution in [2.45, 2.75) is 19.9 Å². The molecule has 0 saturated carbocycles. The van der Waals surface area contributed by atoms with Crippen LogP contribution in [-0.2, 0) is 16.0 Å². The summed E-state index contributed by atoms with van der Waals surface area (Å²) in [5.74, 6) is 0.526. The standard InChI is InChI=1S/C12H22N4O3/c1-3-19-9-4-6-13-12(17)14-11-5-7-16(15-11)8-10-18-2/h5,7H,3-4,6,8-10H2,1-2H3,(H2,13,14,15,17). The quantitative estimate of drug-likeness (QED) is 0.658. The molecule has 1 rings (SSSR count). The predicted molar refractivity (Wildman–Crippen MR) is 72.2 cm³/mol. The largest absolute Gasteiger partial charge is 0.383 e. The summed E-state index contributed by atoms with van der Waals surface area (Å²) in [5.41, 5.74) is 0. The number of hydrogen-bond acceptors (Lipinski definition) is 4. The highest BCUT2D eigenvalue weighted by Gasteiger charge is 2.03. The van der Waals surface area contributed by atoms with Crippen LogP contribution >= 0.6 is 0 Å². The lowest BCUT2D eigenvalue weighted by atomic mass is 10.4. The maximum atomic E-state index is 11.5. The Hall–Kier alpha value is -1.60. The van der Waals surface area contributed by atoms with Crippen LogP contribution in [0.4, 0.5) is 10.6 Å². The van der Waals surface area contributed by atoms with Crippen molar-refractivity contribution in [1.29, 1.82) is 0 Å². The number of amides is 2. The molecule has 2 N–H and O–H groups in total. The van der Waals surface area contributed by atoms with Gasteiger partial charge in [-0.1, -0.05) is 0 Å². The second kappa shape index (κ2) is 9.35. The van der Waals surface area contributed by atoms with E-state index < -0.39 is 0 Å². The fourth-order valence-electron chi connectivity index (χ4n) is 1.42. The summed E-state index contributed by atoms with van der Waals surface area (Å²) in [6, 6.07) is 1.49. The number of anilines is 1. The van der Waals surface area contributed by atoms with E-state index in [9.17, 15) is 4.79 Å². The summed E-state index contributed by atoms with van der Waals surface area (Å²) in [7, 11) is 1.64. The predicted octanol–water partition coefficient (Wildman–Crippen LogP) is 1.08. The van der Waals surface area contributed by atoms with E-state index in [4.69, 9.17) is 9.47 Å². The normalized spacial score (nSPS) is 10.4. The van der Waals surface area contributed by atoms with Gasteiger partial charge in [-0.15, -0.1) is 0 Å². The molecule has 0 saturated heterocycles. The maximum Gasteiger partial charge on any atom is 0.320 e. The monoisotopic (exact) mass is 270 g/mol. The van der Waals surface area contributed by atoms with E-state index >= 15 is 0 Å². The number of aromatic nitrogens is 2. The number of hydrogen-bond donors (Lipinski definition) is 2. The van der Waals surface area contributed by atoms with Gasteiger partial charge in [0.05, 0.1) is 13.2 Å². The Morgan fingerprint density at radius 3 is 3.05 bits per heavy atom. The molecule has 1 aromatic rings. The second-order valence-corrected chi connectivity index (χ2v) is 3.89. The summed E-state index contributed by atoms with van der Waals surface area (Å²) in [5, 5.41) is 9.59. The van der Waals surface area contributed by atoms with Gasteiger partial charge >= 0.3 is 6.03 Å². The van der Waals surface area contributed by atoms with Crippen molar-refractivity contribution >= 4 is 11.8 Å². The van der Waals surface area contributed by atoms with Crippen LogP contribution in [0.25, 0.3) is 0 Å². The first-order valence-corrected chi connectivity index (χ1v) is 6.41. The lowest BCUT2D eigenvalue weighted by Crippen LogP contribution is -2.30. The Balaban J connectivity index is 2.18. The molecule has 19 heavy (non-hydrogen) atoms. The van der Waals surface area contributed by atoms with Gasteiger partial charge in [0.1, 0.15) is 0 Å². The Bertz CT molecular complexity index is 368. The minimum Gasteiger partial charge on any atom is -0.383 e. The van der Waals surface area contributed by atoms with Gasteiger partial charge in [0.25, 0.3) is 0 Å². The summed E-state index contributed by atoms with van der Waals surface area (Å²) >= 11 is 0. The molecule has 1 heterocycles. The van der Waals surface area contributed by atoms with E-state index in [1.807, 2.05) is 6.92 Å². The molecule has 0 aliphatic rings. The van der Waals surface area contributed by atoms with Crippen LogP contribution in [-0.4, -0.2) is 49.3 Å². The van der Waals surface area contributed by atoms with Crippen molar-refractivity contribution in [1.82, 2.24) is 15.1 Å². The topological polar surface area (TPSA) is 77.4 Å². The van der Waals surface area contributed by atoms with Gasteiger partial charge in [0.15, 0.2) is 5.82 Å². The first-order chi connectivity index (χ1) is 9.26. The zero-order valence-electron chi connectivity index (χ0n) is 11.5. The zero-order valence-corrected chi connectivity index (χ0v) is 11.5. The van der Waals surface area contributed by atoms with E-state index in [0.717, 1.165) is 6.42 Å². The highest BCUT2D eigenvalue weighted by atomic mass is 16.5. The fraction of sp³-hybridized carbons (Fsp3) is 0.667. The van der Waals surface area contributed by atoms with Crippen LogP contribution in [0.3, 0.4) is 0 Å². The van der Waals surface area contributed by atoms with E-state index in [0.29, 0.717) is 38.7 Å². The Kier molecular flexibility index (Phi) is 7.60. The van der Waals surface area contributed by atoms with Gasteiger partial charge in [0.2, 0.25) is 0 Å². The van der Waals surface area contributed by atoms with Gasteiger partial charge < -0.3 is 14.8 Å². The van der Waals surface area contributed by atoms with E-state index in [1.165, 1.54) is 0 Å². The Morgan fingerprint density at radius 1 is 1.47 bits per heavy atom. The van der Waals surface area contributed by atoms with Crippen molar-refractivity contribution in [3.63, 3.8) is 0 Å². The minimum atomic E-state index is -0.256. The van der Waals surface area contributed by atoms with Gasteiger partial charge in [0, 0.05) is 39.1 Å². The third-order valence-electron chi connectivity index (χ3n) is 2.36. The molecule has 108 valence electrons. The third-order valence-corrected chi connectivity index (χ3v) is 2.36. The SMILES string of the molecule is CCOCCCNC(=O)Nc1ccn(CCOC)n1. The van der Waals surface area contributed by atoms with Crippen LogP contribution in [0, 0.1) is 0 Å². The maximum absolute atomic E-state index is 11.5. The van der Waals surface area contributed by atoms with Gasteiger partial charge in [-0.2, -0.15) is 5.10 Å². The fourth-order valence-corrected chi connectivity index (χ4v) is 1.42. The van der Waals surface area contributed by atoms with E-state index in [1.54, 1.807) is 24.1 Å². The van der Waals surface area contributed by atoms with Crippen LogP contribution in [0.15, 0.2) is 12.3 Å². The van der Waals surface area contributed by atoms with Crippen LogP contribution < -0.4 is 10.6 Å². The van der Waals surface area contributed by atoms with Crippen LogP contribution in [0.2, 0.25) is 0 Å². The van der Waals surface area contributed by atoms with E-state index in [-0.39, 0.29) is 6.03 Å². The average molecular weight is 270 g/mol. The molecule has 1 aromatic heterocycles. The highest BCUT2D eigenvalue weighted by Crippen LogP contribution is 2.01. The lowest BCUT2D eigenvalue weighted by Gasteiger charge is -2.05. The molecule has 0 fully saturated rings. The first kappa shape index (κ1) is 15.5. The molecule has 7 nitrogen and oxygen atoms in total. The molecule has 0 aromatic carbocycles. The minimum absolute atomic E-state index is 0.256. The zero-order chi connectivity index (χ0) is 13.9.